The van der Waals surface area contributed by atoms with Gasteiger partial charge in [-0.15, -0.1) is 0 Å². The number of fused-ring (bicyclic) bond motifs is 1. The number of carbonyl (C=O) groups excluding carboxylic acids is 2. The molecular weight excluding hydrogens is 527 g/mol. The van der Waals surface area contributed by atoms with E-state index >= 15 is 0 Å². The Kier molecular flexibility index (Phi) is 6.48. The largest absolute Gasteiger partial charge is 0.417 e. The smallest absolute Gasteiger partial charge is 0.322 e. The molecule has 0 atom stereocenters. The summed E-state index contributed by atoms with van der Waals surface area (Å²) in [5, 5.41) is 2.51. The summed E-state index contributed by atoms with van der Waals surface area (Å²) < 4.78 is 70.7. The van der Waals surface area contributed by atoms with Crippen molar-refractivity contribution in [2.75, 3.05) is 10.2 Å². The van der Waals surface area contributed by atoms with Gasteiger partial charge in [-0.05, 0) is 79.9 Å². The van der Waals surface area contributed by atoms with Crippen molar-refractivity contribution in [2.24, 2.45) is 0 Å². The van der Waals surface area contributed by atoms with E-state index in [-0.39, 0.29) is 16.9 Å². The number of hydrogen-bond donors (Lipinski definition) is 1. The van der Waals surface area contributed by atoms with Crippen LogP contribution in [0.1, 0.15) is 40.9 Å². The molecule has 204 valence electrons. The first kappa shape index (κ1) is 27.1. The quantitative estimate of drug-likeness (QED) is 0.261. The summed E-state index contributed by atoms with van der Waals surface area (Å²) in [5.41, 5.74) is -0.694. The Hall–Kier alpha value is -4.53. The maximum atomic E-state index is 14.8. The molecule has 1 aliphatic rings. The van der Waals surface area contributed by atoms with E-state index in [0.29, 0.717) is 16.8 Å². The van der Waals surface area contributed by atoms with E-state index in [1.54, 1.807) is 56.3 Å². The first-order valence-electron chi connectivity index (χ1n) is 12.3. The standard InChI is InChI=1S/C31H23F5N2O2/c1-17-10-13-19(14-11-17)37-28(39)21-16-18(12-15-22(21)31(34,35)36)20-6-4-8-24-26(20)30(2,3)29(40)38(24)25-9-5-7-23(32)27(25)33/h4-16H,1-3H3,(H,37,39). The molecule has 0 spiro atoms. The van der Waals surface area contributed by atoms with Crippen molar-refractivity contribution in [1.29, 1.82) is 0 Å². The van der Waals surface area contributed by atoms with Gasteiger partial charge in [-0.1, -0.05) is 42.0 Å². The molecule has 1 aliphatic heterocycles. The van der Waals surface area contributed by atoms with Gasteiger partial charge in [-0.3, -0.25) is 14.5 Å². The number of halogens is 5. The topological polar surface area (TPSA) is 49.4 Å². The molecule has 0 aliphatic carbocycles. The molecule has 9 heteroatoms. The first-order valence-corrected chi connectivity index (χ1v) is 12.3. The van der Waals surface area contributed by atoms with E-state index in [0.717, 1.165) is 28.7 Å². The molecule has 0 saturated carbocycles. The number of anilines is 3. The number of aryl methyl sites for hydroxylation is 1. The fourth-order valence-electron chi connectivity index (χ4n) is 5.01. The predicted octanol–water partition coefficient (Wildman–Crippen LogP) is 8.17. The van der Waals surface area contributed by atoms with E-state index in [1.165, 1.54) is 18.2 Å². The normalized spacial score (nSPS) is 14.3. The molecule has 40 heavy (non-hydrogen) atoms. The highest BCUT2D eigenvalue weighted by Gasteiger charge is 2.47. The minimum absolute atomic E-state index is 0.251. The van der Waals surface area contributed by atoms with E-state index < -0.39 is 46.2 Å². The predicted molar refractivity (Wildman–Crippen MR) is 143 cm³/mol. The lowest BCUT2D eigenvalue weighted by Crippen LogP contribution is -2.33. The average molecular weight is 551 g/mol. The molecule has 0 saturated heterocycles. The number of rotatable bonds is 4. The molecule has 5 rings (SSSR count). The van der Waals surface area contributed by atoms with Gasteiger partial charge in [0, 0.05) is 5.69 Å². The van der Waals surface area contributed by atoms with Crippen LogP contribution in [0.3, 0.4) is 0 Å². The Bertz CT molecular complexity index is 1660. The highest BCUT2D eigenvalue weighted by molar-refractivity contribution is 6.14. The Morgan fingerprint density at radius 3 is 2.20 bits per heavy atom. The molecule has 4 aromatic rings. The van der Waals surface area contributed by atoms with Crippen LogP contribution >= 0.6 is 0 Å². The van der Waals surface area contributed by atoms with E-state index in [4.69, 9.17) is 0 Å². The third kappa shape index (κ3) is 4.51. The molecule has 2 amide bonds. The van der Waals surface area contributed by atoms with Gasteiger partial charge in [0.1, 0.15) is 0 Å². The lowest BCUT2D eigenvalue weighted by atomic mass is 9.81. The number of nitrogens with one attached hydrogen (secondary N) is 1. The highest BCUT2D eigenvalue weighted by Crippen LogP contribution is 2.50. The van der Waals surface area contributed by atoms with Crippen molar-refractivity contribution in [3.8, 4) is 11.1 Å². The minimum Gasteiger partial charge on any atom is -0.322 e. The van der Waals surface area contributed by atoms with E-state index in [9.17, 15) is 31.5 Å². The molecule has 1 heterocycles. The maximum absolute atomic E-state index is 14.8. The van der Waals surface area contributed by atoms with Gasteiger partial charge in [0.2, 0.25) is 5.91 Å². The third-order valence-electron chi connectivity index (χ3n) is 7.01. The molecule has 0 fully saturated rings. The summed E-state index contributed by atoms with van der Waals surface area (Å²) in [7, 11) is 0. The SMILES string of the molecule is Cc1ccc(NC(=O)c2cc(-c3cccc4c3C(C)(C)C(=O)N4c3cccc(F)c3F)ccc2C(F)(F)F)cc1. The number of nitrogens with zero attached hydrogens (tertiary/aromatic N) is 1. The zero-order chi connectivity index (χ0) is 29.0. The fourth-order valence-corrected chi connectivity index (χ4v) is 5.01. The summed E-state index contributed by atoms with van der Waals surface area (Å²) in [6, 6.07) is 18.0. The van der Waals surface area contributed by atoms with Crippen LogP contribution in [0, 0.1) is 18.6 Å². The Labute approximate surface area is 227 Å². The van der Waals surface area contributed by atoms with Gasteiger partial charge in [0.25, 0.3) is 5.91 Å². The van der Waals surface area contributed by atoms with Crippen molar-refractivity contribution in [3.05, 3.63) is 113 Å². The van der Waals surface area contributed by atoms with Crippen LogP contribution in [0.25, 0.3) is 11.1 Å². The van der Waals surface area contributed by atoms with Crippen LogP contribution in [0.2, 0.25) is 0 Å². The lowest BCUT2D eigenvalue weighted by Gasteiger charge is -2.21. The van der Waals surface area contributed by atoms with Crippen molar-refractivity contribution in [2.45, 2.75) is 32.4 Å². The summed E-state index contributed by atoms with van der Waals surface area (Å²) >= 11 is 0. The van der Waals surface area contributed by atoms with Crippen molar-refractivity contribution >= 4 is 28.9 Å². The van der Waals surface area contributed by atoms with E-state index in [1.807, 2.05) is 6.92 Å². The second kappa shape index (κ2) is 9.59. The monoisotopic (exact) mass is 550 g/mol. The summed E-state index contributed by atoms with van der Waals surface area (Å²) in [6.07, 6.45) is -4.81. The van der Waals surface area contributed by atoms with Gasteiger partial charge in [-0.25, -0.2) is 8.78 Å². The van der Waals surface area contributed by atoms with Crippen molar-refractivity contribution in [1.82, 2.24) is 0 Å². The van der Waals surface area contributed by atoms with Gasteiger partial charge < -0.3 is 5.32 Å². The molecule has 0 aromatic heterocycles. The zero-order valence-electron chi connectivity index (χ0n) is 21.7. The first-order chi connectivity index (χ1) is 18.8. The fraction of sp³-hybridized carbons (Fsp3) is 0.161. The number of alkyl halides is 3. The van der Waals surface area contributed by atoms with Crippen LogP contribution in [0.5, 0.6) is 0 Å². The van der Waals surface area contributed by atoms with Crippen LogP contribution in [-0.4, -0.2) is 11.8 Å². The molecular formula is C31H23F5N2O2. The minimum atomic E-state index is -4.81. The maximum Gasteiger partial charge on any atom is 0.417 e. The van der Waals surface area contributed by atoms with Crippen LogP contribution in [-0.2, 0) is 16.4 Å². The van der Waals surface area contributed by atoms with Gasteiger partial charge in [0.15, 0.2) is 11.6 Å². The molecule has 1 N–H and O–H groups in total. The van der Waals surface area contributed by atoms with Crippen LogP contribution in [0.4, 0.5) is 39.0 Å². The molecule has 0 radical (unpaired) electrons. The Balaban J connectivity index is 1.66. The summed E-state index contributed by atoms with van der Waals surface area (Å²) in [6.45, 7) is 5.04. The van der Waals surface area contributed by atoms with Crippen molar-refractivity contribution in [3.63, 3.8) is 0 Å². The highest BCUT2D eigenvalue weighted by atomic mass is 19.4. The number of benzene rings is 4. The second-order valence-electron chi connectivity index (χ2n) is 10.1. The molecule has 4 aromatic carbocycles. The van der Waals surface area contributed by atoms with Gasteiger partial charge in [0.05, 0.1) is 27.9 Å². The molecule has 0 bridgehead atoms. The molecule has 0 unspecified atom stereocenters. The third-order valence-corrected chi connectivity index (χ3v) is 7.01. The zero-order valence-corrected chi connectivity index (χ0v) is 21.7. The van der Waals surface area contributed by atoms with E-state index in [2.05, 4.69) is 5.32 Å². The molecule has 4 nitrogen and oxygen atoms in total. The van der Waals surface area contributed by atoms with Gasteiger partial charge in [-0.2, -0.15) is 13.2 Å². The summed E-state index contributed by atoms with van der Waals surface area (Å²) in [4.78, 5) is 27.7. The lowest BCUT2D eigenvalue weighted by molar-refractivity contribution is -0.137. The Morgan fingerprint density at radius 1 is 0.875 bits per heavy atom. The summed E-state index contributed by atoms with van der Waals surface area (Å²) in [5.74, 6) is -3.82. The number of carbonyl (C=O) groups is 2. The second-order valence-corrected chi connectivity index (χ2v) is 10.1. The van der Waals surface area contributed by atoms with Crippen molar-refractivity contribution < 1.29 is 31.5 Å². The Morgan fingerprint density at radius 2 is 1.52 bits per heavy atom. The van der Waals surface area contributed by atoms with Gasteiger partial charge >= 0.3 is 6.18 Å². The van der Waals surface area contributed by atoms with Crippen LogP contribution in [0.15, 0.2) is 78.9 Å². The number of hydrogen-bond acceptors (Lipinski definition) is 2. The average Bonchev–Trinajstić information content (AvgIpc) is 3.11. The number of amides is 2. The van der Waals surface area contributed by atoms with Crippen LogP contribution < -0.4 is 10.2 Å².